The normalized spacial score (nSPS) is 11.7. The summed E-state index contributed by atoms with van der Waals surface area (Å²) in [6.45, 7) is 10.4. The van der Waals surface area contributed by atoms with Gasteiger partial charge in [0, 0.05) is 28.7 Å². The van der Waals surface area contributed by atoms with E-state index < -0.39 is 6.04 Å². The number of amides is 2. The van der Waals surface area contributed by atoms with Crippen molar-refractivity contribution in [2.75, 3.05) is 13.2 Å². The molecule has 0 aliphatic heterocycles. The number of nitrogens with one attached hydrogen (secondary N) is 1. The van der Waals surface area contributed by atoms with E-state index in [4.69, 9.17) is 27.9 Å². The van der Waals surface area contributed by atoms with Crippen LogP contribution in [0.1, 0.15) is 55.4 Å². The molecule has 2 aromatic carbocycles. The Morgan fingerprint density at radius 1 is 1.09 bits per heavy atom. The molecule has 2 rings (SSSR count). The van der Waals surface area contributed by atoms with Gasteiger partial charge in [-0.15, -0.1) is 0 Å². The number of ether oxygens (including phenoxy) is 1. The van der Waals surface area contributed by atoms with E-state index in [-0.39, 0.29) is 25.0 Å². The maximum Gasteiger partial charge on any atom is 0.261 e. The van der Waals surface area contributed by atoms with Gasteiger partial charge in [0.15, 0.2) is 6.61 Å². The molecule has 33 heavy (non-hydrogen) atoms. The Morgan fingerprint density at radius 2 is 1.76 bits per heavy atom. The van der Waals surface area contributed by atoms with Crippen LogP contribution in [0.5, 0.6) is 5.75 Å². The van der Waals surface area contributed by atoms with E-state index in [9.17, 15) is 9.59 Å². The lowest BCUT2D eigenvalue weighted by Gasteiger charge is -2.31. The third kappa shape index (κ3) is 7.38. The van der Waals surface area contributed by atoms with E-state index in [1.165, 1.54) is 4.90 Å². The highest BCUT2D eigenvalue weighted by atomic mass is 35.5. The fourth-order valence-corrected chi connectivity index (χ4v) is 4.17. The van der Waals surface area contributed by atoms with Gasteiger partial charge in [0.25, 0.3) is 5.91 Å². The molecule has 0 fully saturated rings. The summed E-state index contributed by atoms with van der Waals surface area (Å²) in [5.41, 5.74) is 3.75. The van der Waals surface area contributed by atoms with Crippen molar-refractivity contribution >= 4 is 35.0 Å². The Labute approximate surface area is 207 Å². The van der Waals surface area contributed by atoms with Crippen molar-refractivity contribution in [1.29, 1.82) is 0 Å². The molecule has 1 unspecified atom stereocenters. The molecule has 0 heterocycles. The monoisotopic (exact) mass is 492 g/mol. The van der Waals surface area contributed by atoms with Crippen molar-refractivity contribution in [2.24, 2.45) is 0 Å². The molecule has 2 aromatic rings. The fraction of sp³-hybridized carbons (Fsp3) is 0.462. The first-order chi connectivity index (χ1) is 15.7. The Morgan fingerprint density at radius 3 is 2.36 bits per heavy atom. The van der Waals surface area contributed by atoms with Crippen LogP contribution in [0.4, 0.5) is 0 Å². The second kappa shape index (κ2) is 12.9. The van der Waals surface area contributed by atoms with E-state index in [0.717, 1.165) is 29.5 Å². The summed E-state index contributed by atoms with van der Waals surface area (Å²) in [5, 5.41) is 3.85. The van der Waals surface area contributed by atoms with E-state index in [1.54, 1.807) is 18.2 Å². The molecule has 1 atom stereocenters. The average molecular weight is 493 g/mol. The maximum absolute atomic E-state index is 13.4. The molecular weight excluding hydrogens is 459 g/mol. The largest absolute Gasteiger partial charge is 0.483 e. The van der Waals surface area contributed by atoms with Crippen molar-refractivity contribution in [3.63, 3.8) is 0 Å². The first kappa shape index (κ1) is 27.0. The van der Waals surface area contributed by atoms with Crippen LogP contribution in [0, 0.1) is 20.8 Å². The lowest BCUT2D eigenvalue weighted by Crippen LogP contribution is -2.50. The number of unbranched alkanes of at least 4 members (excludes halogenated alkanes) is 1. The summed E-state index contributed by atoms with van der Waals surface area (Å²) in [6.07, 6.45) is 2.30. The van der Waals surface area contributed by atoms with Crippen LogP contribution in [0.3, 0.4) is 0 Å². The Hall–Kier alpha value is -2.24. The summed E-state index contributed by atoms with van der Waals surface area (Å²) in [7, 11) is 0. The zero-order chi connectivity index (χ0) is 24.5. The second-order valence-electron chi connectivity index (χ2n) is 8.28. The number of hydrogen-bond donors (Lipinski definition) is 1. The molecule has 0 aliphatic rings. The second-order valence-corrected chi connectivity index (χ2v) is 9.10. The van der Waals surface area contributed by atoms with Crippen molar-refractivity contribution < 1.29 is 14.3 Å². The standard InChI is InChI=1S/C26H34Cl2N2O3/c1-6-8-12-29-26(32)23(7-2)30(15-20-21(27)10-9-11-22(20)28)25(31)16-33-24-14-17(3)13-18(4)19(24)5/h9-11,13-14,23H,6-8,12,15-16H2,1-5H3,(H,29,32). The predicted octanol–water partition coefficient (Wildman–Crippen LogP) is 6.02. The molecule has 5 nitrogen and oxygen atoms in total. The van der Waals surface area contributed by atoms with Crippen molar-refractivity contribution in [3.05, 3.63) is 62.6 Å². The minimum absolute atomic E-state index is 0.117. The average Bonchev–Trinajstić information content (AvgIpc) is 2.77. The summed E-state index contributed by atoms with van der Waals surface area (Å²) in [5.74, 6) is 0.170. The Bertz CT molecular complexity index is 958. The Kier molecular flexibility index (Phi) is 10.5. The third-order valence-corrected chi connectivity index (χ3v) is 6.43. The maximum atomic E-state index is 13.4. The van der Waals surface area contributed by atoms with Crippen LogP contribution in [-0.4, -0.2) is 35.9 Å². The van der Waals surface area contributed by atoms with Gasteiger partial charge in [0.1, 0.15) is 11.8 Å². The zero-order valence-electron chi connectivity index (χ0n) is 20.1. The minimum atomic E-state index is -0.661. The van der Waals surface area contributed by atoms with Gasteiger partial charge in [-0.25, -0.2) is 0 Å². The molecule has 2 amide bonds. The number of nitrogens with zero attached hydrogens (tertiary/aromatic N) is 1. The minimum Gasteiger partial charge on any atom is -0.483 e. The van der Waals surface area contributed by atoms with Gasteiger partial charge in [-0.2, -0.15) is 0 Å². The van der Waals surface area contributed by atoms with Crippen LogP contribution < -0.4 is 10.1 Å². The summed E-state index contributed by atoms with van der Waals surface area (Å²) in [6, 6.07) is 8.53. The zero-order valence-corrected chi connectivity index (χ0v) is 21.6. The quantitative estimate of drug-likeness (QED) is 0.390. The number of carbonyl (C=O) groups is 2. The third-order valence-electron chi connectivity index (χ3n) is 5.72. The molecule has 1 N–H and O–H groups in total. The van der Waals surface area contributed by atoms with Gasteiger partial charge >= 0.3 is 0 Å². The van der Waals surface area contributed by atoms with Gasteiger partial charge < -0.3 is 15.0 Å². The first-order valence-corrected chi connectivity index (χ1v) is 12.2. The molecule has 0 aliphatic carbocycles. The molecule has 180 valence electrons. The summed E-state index contributed by atoms with van der Waals surface area (Å²) in [4.78, 5) is 27.9. The van der Waals surface area contributed by atoms with Gasteiger partial charge in [0.2, 0.25) is 5.91 Å². The topological polar surface area (TPSA) is 58.6 Å². The molecular formula is C26H34Cl2N2O3. The van der Waals surface area contributed by atoms with E-state index in [0.29, 0.717) is 34.3 Å². The number of rotatable bonds is 11. The van der Waals surface area contributed by atoms with Crippen LogP contribution in [0.15, 0.2) is 30.3 Å². The Balaban J connectivity index is 2.30. The molecule has 0 spiro atoms. The lowest BCUT2D eigenvalue weighted by molar-refractivity contribution is -0.143. The number of aryl methyl sites for hydroxylation is 2. The van der Waals surface area contributed by atoms with Gasteiger partial charge in [0.05, 0.1) is 0 Å². The lowest BCUT2D eigenvalue weighted by atomic mass is 10.1. The summed E-state index contributed by atoms with van der Waals surface area (Å²) >= 11 is 12.8. The van der Waals surface area contributed by atoms with Crippen LogP contribution in [0.25, 0.3) is 0 Å². The van der Waals surface area contributed by atoms with E-state index >= 15 is 0 Å². The van der Waals surface area contributed by atoms with Crippen molar-refractivity contribution in [1.82, 2.24) is 10.2 Å². The van der Waals surface area contributed by atoms with Gasteiger partial charge in [-0.3, -0.25) is 9.59 Å². The highest BCUT2D eigenvalue weighted by molar-refractivity contribution is 6.36. The number of halogens is 2. The molecule has 0 saturated carbocycles. The molecule has 7 heteroatoms. The number of benzene rings is 2. The molecule has 0 radical (unpaired) electrons. The number of hydrogen-bond acceptors (Lipinski definition) is 3. The van der Waals surface area contributed by atoms with Crippen LogP contribution >= 0.6 is 23.2 Å². The first-order valence-electron chi connectivity index (χ1n) is 11.4. The van der Waals surface area contributed by atoms with Crippen LogP contribution in [-0.2, 0) is 16.1 Å². The number of carbonyl (C=O) groups excluding carboxylic acids is 2. The summed E-state index contributed by atoms with van der Waals surface area (Å²) < 4.78 is 5.92. The van der Waals surface area contributed by atoms with Gasteiger partial charge in [-0.05, 0) is 68.5 Å². The van der Waals surface area contributed by atoms with E-state index in [1.807, 2.05) is 33.8 Å². The fourth-order valence-electron chi connectivity index (χ4n) is 3.65. The van der Waals surface area contributed by atoms with Crippen LogP contribution in [0.2, 0.25) is 10.0 Å². The smallest absolute Gasteiger partial charge is 0.261 e. The van der Waals surface area contributed by atoms with Crippen molar-refractivity contribution in [2.45, 2.75) is 66.5 Å². The predicted molar refractivity (Wildman–Crippen MR) is 135 cm³/mol. The molecule has 0 saturated heterocycles. The van der Waals surface area contributed by atoms with Crippen molar-refractivity contribution in [3.8, 4) is 5.75 Å². The SMILES string of the molecule is CCCCNC(=O)C(CC)N(Cc1c(Cl)cccc1Cl)C(=O)COc1cc(C)cc(C)c1C. The van der Waals surface area contributed by atoms with E-state index in [2.05, 4.69) is 18.3 Å². The highest BCUT2D eigenvalue weighted by Crippen LogP contribution is 2.28. The highest BCUT2D eigenvalue weighted by Gasteiger charge is 2.30. The molecule has 0 bridgehead atoms. The molecule has 0 aromatic heterocycles. The van der Waals surface area contributed by atoms with Gasteiger partial charge in [-0.1, -0.05) is 55.6 Å².